The van der Waals surface area contributed by atoms with Gasteiger partial charge in [0, 0.05) is 83.0 Å². The Labute approximate surface area is 420 Å². The van der Waals surface area contributed by atoms with Crippen LogP contribution in [-0.2, 0) is 37.3 Å². The van der Waals surface area contributed by atoms with Crippen LogP contribution in [0.5, 0.6) is 11.5 Å². The summed E-state index contributed by atoms with van der Waals surface area (Å²) in [6.07, 6.45) is 1.83. The average Bonchev–Trinajstić information content (AvgIpc) is 3.88. The van der Waals surface area contributed by atoms with Gasteiger partial charge in [0.1, 0.15) is 5.82 Å². The van der Waals surface area contributed by atoms with Crippen LogP contribution >= 0.6 is 0 Å². The van der Waals surface area contributed by atoms with E-state index in [4.69, 9.17) is 9.72 Å². The van der Waals surface area contributed by atoms with Crippen LogP contribution in [0.25, 0.3) is 27.6 Å². The molecule has 0 saturated carbocycles. The molecule has 9 rings (SSSR count). The number of ether oxygens (including phenoxy) is 1. The molecule has 1 aliphatic rings. The first kappa shape index (κ1) is 48.6. The topological polar surface area (TPSA) is 33.5 Å². The summed E-state index contributed by atoms with van der Waals surface area (Å²) < 4.78 is 9.08. The summed E-state index contributed by atoms with van der Waals surface area (Å²) in [4.78, 5) is 9.59. The van der Waals surface area contributed by atoms with Gasteiger partial charge in [0.05, 0.1) is 0 Å². The maximum Gasteiger partial charge on any atom is 0.135 e. The van der Waals surface area contributed by atoms with E-state index in [0.717, 1.165) is 44.6 Å². The molecule has 0 unspecified atom stereocenters. The molecule has 0 spiro atoms. The number of rotatable bonds is 9. The SMILES string of the molecule is CC(C)(C)C1=C(C(C)(C)C)N(c2cc(C(C)(C)c3ccccc3)cc(C(C)(C)c3ccccc3)c2)[CH-]N1c1[c-]c(Oc2[c-]c3c(cc2)c2ccccc2n3-c2ccccn2)cc(C(C)(C)C)c1.[Pt]. The van der Waals surface area contributed by atoms with E-state index in [1.54, 1.807) is 0 Å². The minimum atomic E-state index is -0.274. The summed E-state index contributed by atoms with van der Waals surface area (Å²) >= 11 is 0. The van der Waals surface area contributed by atoms with Gasteiger partial charge in [-0.2, -0.15) is 6.07 Å². The molecule has 0 atom stereocenters. The Balaban J connectivity index is 0.00000625. The molecule has 0 fully saturated rings. The molecule has 6 aromatic carbocycles. The van der Waals surface area contributed by atoms with Crippen molar-refractivity contribution in [3.05, 3.63) is 210 Å². The van der Waals surface area contributed by atoms with Gasteiger partial charge in [0.15, 0.2) is 0 Å². The quantitative estimate of drug-likeness (QED) is 0.135. The zero-order valence-electron chi connectivity index (χ0n) is 42.0. The van der Waals surface area contributed by atoms with Crippen LogP contribution in [0.4, 0.5) is 11.4 Å². The molecule has 8 aromatic rings. The standard InChI is InChI=1S/C62H65N4O.Pt/c1-58(2,3)44-35-48(39-50(38-44)67-49-31-32-52-51-28-20-21-29-53(51)66(54(52)40-49)55-30-22-23-33-63-55)65-41-64(56(59(4,5)6)57(65)60(7,8)9)47-36-45(61(10,11)42-24-16-14-17-25-42)34-46(37-47)62(12,13)43-26-18-15-19-27-43;/h14-38,41H,1-13H3;/q-3;. The van der Waals surface area contributed by atoms with Crippen molar-refractivity contribution in [2.75, 3.05) is 9.80 Å². The minimum Gasteiger partial charge on any atom is -0.509 e. The van der Waals surface area contributed by atoms with Crippen molar-refractivity contribution >= 4 is 33.2 Å². The Morgan fingerprint density at radius 3 is 1.59 bits per heavy atom. The van der Waals surface area contributed by atoms with Gasteiger partial charge in [-0.3, -0.25) is 0 Å². The van der Waals surface area contributed by atoms with Crippen LogP contribution in [0.2, 0.25) is 0 Å². The first-order valence-electron chi connectivity index (χ1n) is 23.7. The summed E-state index contributed by atoms with van der Waals surface area (Å²) in [6.45, 7) is 32.5. The van der Waals surface area contributed by atoms with Gasteiger partial charge in [-0.15, -0.1) is 53.6 Å². The van der Waals surface area contributed by atoms with E-state index in [9.17, 15) is 0 Å². The molecule has 68 heavy (non-hydrogen) atoms. The number of benzene rings is 6. The smallest absolute Gasteiger partial charge is 0.135 e. The van der Waals surface area contributed by atoms with E-state index in [0.29, 0.717) is 11.5 Å². The Morgan fingerprint density at radius 1 is 0.471 bits per heavy atom. The summed E-state index contributed by atoms with van der Waals surface area (Å²) in [5.74, 6) is 2.08. The van der Waals surface area contributed by atoms with E-state index in [2.05, 4.69) is 245 Å². The van der Waals surface area contributed by atoms with Crippen LogP contribution < -0.4 is 14.5 Å². The Hall–Kier alpha value is -5.90. The zero-order chi connectivity index (χ0) is 47.7. The molecule has 1 aliphatic heterocycles. The van der Waals surface area contributed by atoms with Crippen molar-refractivity contribution in [1.29, 1.82) is 0 Å². The maximum atomic E-state index is 6.91. The molecule has 0 N–H and O–H groups in total. The summed E-state index contributed by atoms with van der Waals surface area (Å²) in [5.41, 5.74) is 11.5. The monoisotopic (exact) mass is 1080 g/mol. The molecule has 3 heterocycles. The number of hydrogen-bond donors (Lipinski definition) is 0. The molecule has 6 heteroatoms. The van der Waals surface area contributed by atoms with E-state index < -0.39 is 0 Å². The van der Waals surface area contributed by atoms with Crippen LogP contribution in [0.1, 0.15) is 118 Å². The van der Waals surface area contributed by atoms with Gasteiger partial charge in [-0.05, 0) is 63.4 Å². The Bertz CT molecular complexity index is 3060. The summed E-state index contributed by atoms with van der Waals surface area (Å²) in [7, 11) is 0. The fourth-order valence-electron chi connectivity index (χ4n) is 9.71. The molecular weight excluding hydrogens is 1010 g/mol. The second-order valence-corrected chi connectivity index (χ2v) is 22.4. The van der Waals surface area contributed by atoms with E-state index in [1.165, 1.54) is 33.6 Å². The molecular formula is C62H65N4OPt-3. The number of pyridine rings is 1. The molecule has 5 nitrogen and oxygen atoms in total. The van der Waals surface area contributed by atoms with Crippen LogP contribution in [0.15, 0.2) is 163 Å². The number of hydrogen-bond acceptors (Lipinski definition) is 4. The second kappa shape index (κ2) is 17.9. The third-order valence-corrected chi connectivity index (χ3v) is 13.6. The third kappa shape index (κ3) is 9.07. The van der Waals surface area contributed by atoms with Crippen LogP contribution in [-0.4, -0.2) is 9.55 Å². The molecule has 0 amide bonds. The van der Waals surface area contributed by atoms with Gasteiger partial charge in [-0.25, -0.2) is 4.98 Å². The second-order valence-electron chi connectivity index (χ2n) is 22.4. The van der Waals surface area contributed by atoms with E-state index >= 15 is 0 Å². The minimum absolute atomic E-state index is 0. The van der Waals surface area contributed by atoms with Crippen molar-refractivity contribution in [2.24, 2.45) is 10.8 Å². The van der Waals surface area contributed by atoms with Crippen molar-refractivity contribution < 1.29 is 25.8 Å². The first-order valence-corrected chi connectivity index (χ1v) is 23.7. The largest absolute Gasteiger partial charge is 0.509 e. The fourth-order valence-corrected chi connectivity index (χ4v) is 9.71. The predicted octanol–water partition coefficient (Wildman–Crippen LogP) is 16.3. The number of para-hydroxylation sites is 1. The van der Waals surface area contributed by atoms with Crippen LogP contribution in [0, 0.1) is 29.6 Å². The molecule has 0 radical (unpaired) electrons. The molecule has 0 bridgehead atoms. The van der Waals surface area contributed by atoms with Crippen LogP contribution in [0.3, 0.4) is 0 Å². The predicted molar refractivity (Wildman–Crippen MR) is 280 cm³/mol. The number of allylic oxidation sites excluding steroid dienone is 2. The van der Waals surface area contributed by atoms with Gasteiger partial charge in [0.2, 0.25) is 0 Å². The van der Waals surface area contributed by atoms with Gasteiger partial charge < -0.3 is 19.1 Å². The summed E-state index contributed by atoms with van der Waals surface area (Å²) in [5, 5.41) is 2.24. The van der Waals surface area contributed by atoms with Crippen molar-refractivity contribution in [2.45, 2.75) is 106 Å². The first-order chi connectivity index (χ1) is 31.6. The number of aromatic nitrogens is 2. The zero-order valence-corrected chi connectivity index (χ0v) is 44.3. The Morgan fingerprint density at radius 2 is 1.03 bits per heavy atom. The number of anilines is 2. The fraction of sp³-hybridized carbons (Fsp3) is 0.290. The van der Waals surface area contributed by atoms with E-state index in [1.807, 2.05) is 30.5 Å². The van der Waals surface area contributed by atoms with Crippen molar-refractivity contribution in [1.82, 2.24) is 9.55 Å². The molecule has 0 aliphatic carbocycles. The molecule has 2 aromatic heterocycles. The van der Waals surface area contributed by atoms with Crippen molar-refractivity contribution in [3.63, 3.8) is 0 Å². The number of nitrogens with zero attached hydrogens (tertiary/aromatic N) is 4. The normalized spacial score (nSPS) is 14.0. The third-order valence-electron chi connectivity index (χ3n) is 13.6. The van der Waals surface area contributed by atoms with E-state index in [-0.39, 0.29) is 48.1 Å². The van der Waals surface area contributed by atoms with Gasteiger partial charge in [0.25, 0.3) is 0 Å². The molecule has 0 saturated heterocycles. The average molecular weight is 1080 g/mol. The van der Waals surface area contributed by atoms with Gasteiger partial charge in [-0.1, -0.05) is 187 Å². The van der Waals surface area contributed by atoms with Crippen molar-refractivity contribution in [3.8, 4) is 17.3 Å². The molecule has 352 valence electrons. The number of fused-ring (bicyclic) bond motifs is 3. The summed E-state index contributed by atoms with van der Waals surface area (Å²) in [6, 6.07) is 59.6. The van der Waals surface area contributed by atoms with Gasteiger partial charge >= 0.3 is 0 Å². The Kier molecular flexibility index (Phi) is 12.8. The maximum absolute atomic E-state index is 6.91.